The van der Waals surface area contributed by atoms with Crippen molar-refractivity contribution in [1.29, 1.82) is 0 Å². The Morgan fingerprint density at radius 2 is 2.19 bits per heavy atom. The Balaban J connectivity index is 1.83. The summed E-state index contributed by atoms with van der Waals surface area (Å²) in [6.45, 7) is 2.89. The third-order valence-corrected chi connectivity index (χ3v) is 4.48. The largest absolute Gasteiger partial charge is 0.369 e. The van der Waals surface area contributed by atoms with E-state index < -0.39 is 0 Å². The molecule has 2 aliphatic heterocycles. The second kappa shape index (κ2) is 5.85. The summed E-state index contributed by atoms with van der Waals surface area (Å²) in [4.78, 5) is 25.9. The molecule has 0 bridgehead atoms. The first-order valence-corrected chi connectivity index (χ1v) is 7.57. The highest BCUT2D eigenvalue weighted by molar-refractivity contribution is 5.96. The molecule has 0 saturated carbocycles. The Kier molecular flexibility index (Phi) is 3.92. The number of fused-ring (bicyclic) bond motifs is 1. The molecule has 5 nitrogen and oxygen atoms in total. The molecule has 1 unspecified atom stereocenters. The van der Waals surface area contributed by atoms with Gasteiger partial charge in [-0.3, -0.25) is 9.59 Å². The van der Waals surface area contributed by atoms with Crippen LogP contribution in [0.15, 0.2) is 18.2 Å². The molecular weight excluding hydrogens is 266 g/mol. The molecule has 0 radical (unpaired) electrons. The first kappa shape index (κ1) is 14.1. The van der Waals surface area contributed by atoms with Crippen molar-refractivity contribution in [3.63, 3.8) is 0 Å². The van der Waals surface area contributed by atoms with Crippen LogP contribution in [0.3, 0.4) is 0 Å². The van der Waals surface area contributed by atoms with Crippen LogP contribution < -0.4 is 11.1 Å². The van der Waals surface area contributed by atoms with Crippen LogP contribution in [0.1, 0.15) is 34.3 Å². The van der Waals surface area contributed by atoms with Crippen molar-refractivity contribution in [2.24, 2.45) is 11.7 Å². The number of nitrogens with two attached hydrogens (primary N) is 1. The Morgan fingerprint density at radius 1 is 1.33 bits per heavy atom. The fourth-order valence-corrected chi connectivity index (χ4v) is 3.30. The van der Waals surface area contributed by atoms with E-state index in [1.165, 1.54) is 5.56 Å². The third kappa shape index (κ3) is 2.78. The van der Waals surface area contributed by atoms with Gasteiger partial charge in [-0.05, 0) is 43.0 Å². The van der Waals surface area contributed by atoms with Crippen LogP contribution in [-0.4, -0.2) is 36.3 Å². The molecule has 1 aromatic carbocycles. The van der Waals surface area contributed by atoms with Gasteiger partial charge in [0, 0.05) is 25.2 Å². The Bertz CT molecular complexity index is 571. The predicted octanol–water partition coefficient (Wildman–Crippen LogP) is 0.670. The van der Waals surface area contributed by atoms with Gasteiger partial charge in [-0.25, -0.2) is 0 Å². The summed E-state index contributed by atoms with van der Waals surface area (Å²) in [6, 6.07) is 5.91. The highest BCUT2D eigenvalue weighted by Crippen LogP contribution is 2.23. The van der Waals surface area contributed by atoms with Gasteiger partial charge in [-0.15, -0.1) is 0 Å². The number of amides is 2. The molecule has 112 valence electrons. The molecular formula is C16H21N3O2. The van der Waals surface area contributed by atoms with E-state index in [1.54, 1.807) is 4.90 Å². The lowest BCUT2D eigenvalue weighted by Gasteiger charge is -2.32. The Hall–Kier alpha value is -1.88. The average molecular weight is 287 g/mol. The predicted molar refractivity (Wildman–Crippen MR) is 79.7 cm³/mol. The SMILES string of the molecule is NC(=O)C1CCCN(C(=O)c2cccc3c2CCNC3)C1. The maximum Gasteiger partial charge on any atom is 0.254 e. The number of hydrogen-bond acceptors (Lipinski definition) is 3. The molecule has 2 aliphatic rings. The van der Waals surface area contributed by atoms with Gasteiger partial charge in [-0.2, -0.15) is 0 Å². The highest BCUT2D eigenvalue weighted by atomic mass is 16.2. The van der Waals surface area contributed by atoms with Crippen LogP contribution in [0, 0.1) is 5.92 Å². The summed E-state index contributed by atoms with van der Waals surface area (Å²) in [6.07, 6.45) is 2.51. The zero-order valence-corrected chi connectivity index (χ0v) is 12.1. The van der Waals surface area contributed by atoms with Crippen molar-refractivity contribution in [1.82, 2.24) is 10.2 Å². The van der Waals surface area contributed by atoms with E-state index in [2.05, 4.69) is 11.4 Å². The number of carbonyl (C=O) groups excluding carboxylic acids is 2. The van der Waals surface area contributed by atoms with E-state index in [1.807, 2.05) is 12.1 Å². The summed E-state index contributed by atoms with van der Waals surface area (Å²) in [7, 11) is 0. The topological polar surface area (TPSA) is 75.4 Å². The molecule has 1 atom stereocenters. The Morgan fingerprint density at radius 3 is 3.00 bits per heavy atom. The van der Waals surface area contributed by atoms with Gasteiger partial charge in [0.2, 0.25) is 5.91 Å². The maximum atomic E-state index is 12.8. The number of nitrogens with zero attached hydrogens (tertiary/aromatic N) is 1. The molecule has 1 fully saturated rings. The van der Waals surface area contributed by atoms with Gasteiger partial charge in [0.1, 0.15) is 0 Å². The van der Waals surface area contributed by atoms with Crippen molar-refractivity contribution in [3.8, 4) is 0 Å². The first-order chi connectivity index (χ1) is 10.2. The first-order valence-electron chi connectivity index (χ1n) is 7.57. The molecule has 3 rings (SSSR count). The van der Waals surface area contributed by atoms with E-state index in [4.69, 9.17) is 5.73 Å². The number of primary amides is 1. The smallest absolute Gasteiger partial charge is 0.254 e. The molecule has 0 spiro atoms. The van der Waals surface area contributed by atoms with Crippen LogP contribution in [0.2, 0.25) is 0 Å². The van der Waals surface area contributed by atoms with E-state index in [-0.39, 0.29) is 17.7 Å². The average Bonchev–Trinajstić information content (AvgIpc) is 2.53. The second-order valence-corrected chi connectivity index (χ2v) is 5.86. The van der Waals surface area contributed by atoms with Gasteiger partial charge in [0.25, 0.3) is 5.91 Å². The minimum atomic E-state index is -0.299. The lowest BCUT2D eigenvalue weighted by molar-refractivity contribution is -0.123. The monoisotopic (exact) mass is 287 g/mol. The van der Waals surface area contributed by atoms with Crippen LogP contribution in [0.4, 0.5) is 0 Å². The molecule has 21 heavy (non-hydrogen) atoms. The Labute approximate surface area is 124 Å². The number of benzene rings is 1. The molecule has 5 heteroatoms. The van der Waals surface area contributed by atoms with Crippen molar-refractivity contribution in [2.45, 2.75) is 25.8 Å². The molecule has 3 N–H and O–H groups in total. The summed E-state index contributed by atoms with van der Waals surface area (Å²) < 4.78 is 0. The van der Waals surface area contributed by atoms with Crippen LogP contribution >= 0.6 is 0 Å². The number of hydrogen-bond donors (Lipinski definition) is 2. The quantitative estimate of drug-likeness (QED) is 0.839. The fraction of sp³-hybridized carbons (Fsp3) is 0.500. The normalized spacial score (nSPS) is 21.7. The lowest BCUT2D eigenvalue weighted by atomic mass is 9.93. The summed E-state index contributed by atoms with van der Waals surface area (Å²) in [5, 5.41) is 3.32. The van der Waals surface area contributed by atoms with Crippen molar-refractivity contribution in [2.75, 3.05) is 19.6 Å². The van der Waals surface area contributed by atoms with Crippen LogP contribution in [0.25, 0.3) is 0 Å². The van der Waals surface area contributed by atoms with Crippen molar-refractivity contribution >= 4 is 11.8 Å². The second-order valence-electron chi connectivity index (χ2n) is 5.86. The van der Waals surface area contributed by atoms with E-state index >= 15 is 0 Å². The zero-order chi connectivity index (χ0) is 14.8. The zero-order valence-electron chi connectivity index (χ0n) is 12.1. The molecule has 1 saturated heterocycles. The molecule has 2 heterocycles. The number of carbonyl (C=O) groups is 2. The summed E-state index contributed by atoms with van der Waals surface area (Å²) in [5.74, 6) is -0.463. The van der Waals surface area contributed by atoms with E-state index in [0.29, 0.717) is 13.1 Å². The van der Waals surface area contributed by atoms with Crippen LogP contribution in [-0.2, 0) is 17.8 Å². The third-order valence-electron chi connectivity index (χ3n) is 4.48. The van der Waals surface area contributed by atoms with Gasteiger partial charge in [0.05, 0.1) is 5.92 Å². The van der Waals surface area contributed by atoms with E-state index in [0.717, 1.165) is 43.5 Å². The van der Waals surface area contributed by atoms with E-state index in [9.17, 15) is 9.59 Å². The van der Waals surface area contributed by atoms with Gasteiger partial charge in [-0.1, -0.05) is 12.1 Å². The van der Waals surface area contributed by atoms with Gasteiger partial charge < -0.3 is 16.0 Å². The number of likely N-dealkylation sites (tertiary alicyclic amines) is 1. The molecule has 2 amide bonds. The summed E-state index contributed by atoms with van der Waals surface area (Å²) >= 11 is 0. The van der Waals surface area contributed by atoms with Crippen molar-refractivity contribution < 1.29 is 9.59 Å². The molecule has 0 aromatic heterocycles. The van der Waals surface area contributed by atoms with Gasteiger partial charge in [0.15, 0.2) is 0 Å². The maximum absolute atomic E-state index is 12.8. The molecule has 1 aromatic rings. The lowest BCUT2D eigenvalue weighted by Crippen LogP contribution is -2.44. The summed E-state index contributed by atoms with van der Waals surface area (Å²) in [5.41, 5.74) is 8.54. The fourth-order valence-electron chi connectivity index (χ4n) is 3.30. The minimum Gasteiger partial charge on any atom is -0.369 e. The van der Waals surface area contributed by atoms with Gasteiger partial charge >= 0.3 is 0 Å². The molecule has 0 aliphatic carbocycles. The minimum absolute atomic E-state index is 0.0414. The van der Waals surface area contributed by atoms with Crippen LogP contribution in [0.5, 0.6) is 0 Å². The number of rotatable bonds is 2. The highest BCUT2D eigenvalue weighted by Gasteiger charge is 2.29. The standard InChI is InChI=1S/C16H21N3O2/c17-15(20)12-4-2-8-19(10-12)16(21)14-5-1-3-11-9-18-7-6-13(11)14/h1,3,5,12,18H,2,4,6-10H2,(H2,17,20). The van der Waals surface area contributed by atoms with Crippen molar-refractivity contribution in [3.05, 3.63) is 34.9 Å². The number of piperidine rings is 1. The number of nitrogens with one attached hydrogen (secondary N) is 1.